The van der Waals surface area contributed by atoms with Gasteiger partial charge in [0.25, 0.3) is 6.43 Å². The normalized spacial score (nSPS) is 20.1. The van der Waals surface area contributed by atoms with E-state index in [4.69, 9.17) is 11.6 Å². The topological polar surface area (TPSA) is 24.1 Å². The van der Waals surface area contributed by atoms with E-state index in [0.717, 1.165) is 19.5 Å². The molecule has 0 saturated carbocycles. The summed E-state index contributed by atoms with van der Waals surface area (Å²) in [7, 11) is 0. The van der Waals surface area contributed by atoms with E-state index in [-0.39, 0.29) is 5.56 Å². The molecule has 1 unspecified atom stereocenters. The molecule has 18 heavy (non-hydrogen) atoms. The average molecular weight is 275 g/mol. The predicted molar refractivity (Wildman–Crippen MR) is 70.5 cm³/mol. The summed E-state index contributed by atoms with van der Waals surface area (Å²) >= 11 is 5.97. The monoisotopic (exact) mass is 274 g/mol. The van der Waals surface area contributed by atoms with E-state index in [1.54, 1.807) is 6.07 Å². The second-order valence-corrected chi connectivity index (χ2v) is 4.97. The molecule has 1 heterocycles. The molecule has 0 radical (unpaired) electrons. The van der Waals surface area contributed by atoms with Crippen molar-refractivity contribution in [2.24, 2.45) is 0 Å². The number of halogens is 3. The number of hydrogen-bond acceptors (Lipinski definition) is 2. The molecule has 1 aromatic carbocycles. The Morgan fingerprint density at radius 3 is 2.83 bits per heavy atom. The van der Waals surface area contributed by atoms with Crippen LogP contribution in [0.4, 0.5) is 14.5 Å². The van der Waals surface area contributed by atoms with Crippen molar-refractivity contribution in [1.29, 1.82) is 0 Å². The number of hydrogen-bond donors (Lipinski definition) is 2. The first kappa shape index (κ1) is 13.6. The molecule has 0 aliphatic carbocycles. The van der Waals surface area contributed by atoms with Gasteiger partial charge in [-0.25, -0.2) is 8.78 Å². The van der Waals surface area contributed by atoms with E-state index < -0.39 is 6.43 Å². The van der Waals surface area contributed by atoms with Gasteiger partial charge >= 0.3 is 0 Å². The van der Waals surface area contributed by atoms with Gasteiger partial charge in [0.05, 0.1) is 10.7 Å². The lowest BCUT2D eigenvalue weighted by atomic mass is 10.1. The molecular formula is C13H17ClF2N2. The van der Waals surface area contributed by atoms with Crippen molar-refractivity contribution in [3.05, 3.63) is 28.8 Å². The Morgan fingerprint density at radius 1 is 1.39 bits per heavy atom. The standard InChI is InChI=1S/C13H17ClF2N2/c14-11-7-9(13(15)16)4-5-12(11)18-8-10-3-1-2-6-17-10/h4-5,7,10,13,17-18H,1-3,6,8H2. The molecule has 1 fully saturated rings. The van der Waals surface area contributed by atoms with E-state index in [0.29, 0.717) is 16.8 Å². The average Bonchev–Trinajstić information content (AvgIpc) is 2.38. The number of alkyl halides is 2. The van der Waals surface area contributed by atoms with Crippen molar-refractivity contribution < 1.29 is 8.78 Å². The molecule has 1 atom stereocenters. The maximum atomic E-state index is 12.5. The summed E-state index contributed by atoms with van der Waals surface area (Å²) in [4.78, 5) is 0. The van der Waals surface area contributed by atoms with E-state index in [9.17, 15) is 8.78 Å². The van der Waals surface area contributed by atoms with Crippen LogP contribution in [-0.2, 0) is 0 Å². The minimum atomic E-state index is -2.48. The van der Waals surface area contributed by atoms with Gasteiger partial charge in [0.2, 0.25) is 0 Å². The van der Waals surface area contributed by atoms with Crippen molar-refractivity contribution in [1.82, 2.24) is 5.32 Å². The molecule has 0 aromatic heterocycles. The lowest BCUT2D eigenvalue weighted by Gasteiger charge is -2.24. The summed E-state index contributed by atoms with van der Waals surface area (Å²) in [5.74, 6) is 0. The van der Waals surface area contributed by atoms with Crippen LogP contribution in [0.1, 0.15) is 31.3 Å². The highest BCUT2D eigenvalue weighted by Crippen LogP contribution is 2.28. The number of piperidine rings is 1. The molecule has 100 valence electrons. The first-order chi connectivity index (χ1) is 8.66. The molecule has 0 bridgehead atoms. The van der Waals surface area contributed by atoms with Gasteiger partial charge in [0.15, 0.2) is 0 Å². The van der Waals surface area contributed by atoms with Gasteiger partial charge in [-0.15, -0.1) is 0 Å². The highest BCUT2D eigenvalue weighted by atomic mass is 35.5. The van der Waals surface area contributed by atoms with Crippen molar-refractivity contribution in [3.8, 4) is 0 Å². The maximum Gasteiger partial charge on any atom is 0.263 e. The van der Waals surface area contributed by atoms with Crippen molar-refractivity contribution in [2.75, 3.05) is 18.4 Å². The third-order valence-corrected chi connectivity index (χ3v) is 3.51. The third-order valence-electron chi connectivity index (χ3n) is 3.20. The summed E-state index contributed by atoms with van der Waals surface area (Å²) in [6.07, 6.45) is 1.12. The summed E-state index contributed by atoms with van der Waals surface area (Å²) in [5.41, 5.74) is 0.676. The Hall–Kier alpha value is -0.870. The van der Waals surface area contributed by atoms with Crippen LogP contribution in [0.3, 0.4) is 0 Å². The molecule has 2 rings (SSSR count). The molecule has 5 heteroatoms. The third kappa shape index (κ3) is 3.56. The summed E-state index contributed by atoms with van der Waals surface area (Å²) in [6.45, 7) is 1.82. The SMILES string of the molecule is FC(F)c1ccc(NCC2CCCCN2)c(Cl)c1. The summed E-state index contributed by atoms with van der Waals surface area (Å²) in [5, 5.41) is 6.97. The van der Waals surface area contributed by atoms with Gasteiger partial charge in [-0.1, -0.05) is 24.1 Å². The van der Waals surface area contributed by atoms with Crippen LogP contribution >= 0.6 is 11.6 Å². The number of nitrogens with one attached hydrogen (secondary N) is 2. The van der Waals surface area contributed by atoms with Gasteiger partial charge in [-0.05, 0) is 31.5 Å². The highest BCUT2D eigenvalue weighted by molar-refractivity contribution is 6.33. The van der Waals surface area contributed by atoms with Crippen molar-refractivity contribution in [2.45, 2.75) is 31.7 Å². The molecule has 1 aliphatic heterocycles. The van der Waals surface area contributed by atoms with E-state index in [1.165, 1.54) is 25.0 Å². The fraction of sp³-hybridized carbons (Fsp3) is 0.538. The molecule has 0 spiro atoms. The second-order valence-electron chi connectivity index (χ2n) is 4.57. The lowest BCUT2D eigenvalue weighted by Crippen LogP contribution is -2.39. The van der Waals surface area contributed by atoms with E-state index >= 15 is 0 Å². The van der Waals surface area contributed by atoms with Crippen LogP contribution in [0, 0.1) is 0 Å². The molecule has 0 amide bonds. The molecular weight excluding hydrogens is 258 g/mol. The Labute approximate surface area is 111 Å². The second kappa shape index (κ2) is 6.34. The van der Waals surface area contributed by atoms with Crippen molar-refractivity contribution in [3.63, 3.8) is 0 Å². The fourth-order valence-electron chi connectivity index (χ4n) is 2.14. The van der Waals surface area contributed by atoms with E-state index in [2.05, 4.69) is 10.6 Å². The Morgan fingerprint density at radius 2 is 2.22 bits per heavy atom. The van der Waals surface area contributed by atoms with Gasteiger partial charge in [-0.2, -0.15) is 0 Å². The smallest absolute Gasteiger partial charge is 0.263 e. The number of rotatable bonds is 4. The van der Waals surface area contributed by atoms with Crippen LogP contribution in [0.15, 0.2) is 18.2 Å². The van der Waals surface area contributed by atoms with E-state index in [1.807, 2.05) is 0 Å². The molecule has 1 aliphatic rings. The first-order valence-electron chi connectivity index (χ1n) is 6.21. The predicted octanol–water partition coefficient (Wildman–Crippen LogP) is 3.83. The zero-order valence-corrected chi connectivity index (χ0v) is 10.8. The van der Waals surface area contributed by atoms with Gasteiger partial charge in [-0.3, -0.25) is 0 Å². The molecule has 1 aromatic rings. The molecule has 1 saturated heterocycles. The summed E-state index contributed by atoms with van der Waals surface area (Å²) in [6, 6.07) is 4.78. The lowest BCUT2D eigenvalue weighted by molar-refractivity contribution is 0.151. The Balaban J connectivity index is 1.92. The highest BCUT2D eigenvalue weighted by Gasteiger charge is 2.13. The summed E-state index contributed by atoms with van der Waals surface area (Å²) < 4.78 is 24.9. The Kier molecular flexibility index (Phi) is 4.78. The van der Waals surface area contributed by atoms with Crippen LogP contribution in [0.2, 0.25) is 5.02 Å². The van der Waals surface area contributed by atoms with Crippen molar-refractivity contribution >= 4 is 17.3 Å². The quantitative estimate of drug-likeness (QED) is 0.872. The number of benzene rings is 1. The van der Waals surface area contributed by atoms with Gasteiger partial charge in [0, 0.05) is 18.2 Å². The molecule has 2 N–H and O–H groups in total. The van der Waals surface area contributed by atoms with Crippen LogP contribution < -0.4 is 10.6 Å². The fourth-order valence-corrected chi connectivity index (χ4v) is 2.40. The van der Waals surface area contributed by atoms with Crippen LogP contribution in [0.5, 0.6) is 0 Å². The van der Waals surface area contributed by atoms with Gasteiger partial charge < -0.3 is 10.6 Å². The zero-order valence-electron chi connectivity index (χ0n) is 10.1. The number of anilines is 1. The van der Waals surface area contributed by atoms with Crippen LogP contribution in [-0.4, -0.2) is 19.1 Å². The molecule has 2 nitrogen and oxygen atoms in total. The van der Waals surface area contributed by atoms with Crippen LogP contribution in [0.25, 0.3) is 0 Å². The Bertz CT molecular complexity index is 393. The zero-order chi connectivity index (χ0) is 13.0. The minimum Gasteiger partial charge on any atom is -0.382 e. The minimum absolute atomic E-state index is 0.0404. The maximum absolute atomic E-state index is 12.5. The largest absolute Gasteiger partial charge is 0.382 e. The van der Waals surface area contributed by atoms with Gasteiger partial charge in [0.1, 0.15) is 0 Å². The first-order valence-corrected chi connectivity index (χ1v) is 6.59.